The van der Waals surface area contributed by atoms with Gasteiger partial charge in [-0.05, 0) is 51.2 Å². The first kappa shape index (κ1) is 17.2. The Balaban J connectivity index is 0. The van der Waals surface area contributed by atoms with Crippen molar-refractivity contribution in [1.29, 1.82) is 0 Å². The normalized spacial score (nSPS) is 14.0. The van der Waals surface area contributed by atoms with Gasteiger partial charge in [0.05, 0.1) is 0 Å². The van der Waals surface area contributed by atoms with E-state index in [9.17, 15) is 0 Å². The summed E-state index contributed by atoms with van der Waals surface area (Å²) in [4.78, 5) is 0. The zero-order chi connectivity index (χ0) is 12.1. The van der Waals surface area contributed by atoms with Gasteiger partial charge in [-0.3, -0.25) is 0 Å². The molecule has 0 saturated heterocycles. The van der Waals surface area contributed by atoms with Crippen molar-refractivity contribution in [3.05, 3.63) is 0 Å². The highest BCUT2D eigenvalue weighted by Gasteiger charge is 1.95. The number of nitrogens with two attached hydrogens (primary N) is 4. The molecule has 2 atom stereocenters. The van der Waals surface area contributed by atoms with Gasteiger partial charge in [0.2, 0.25) is 0 Å². The second-order valence-electron chi connectivity index (χ2n) is 4.02. The molecule has 4 nitrogen and oxygen atoms in total. The van der Waals surface area contributed by atoms with E-state index in [2.05, 4.69) is 13.8 Å². The first-order valence-corrected chi connectivity index (χ1v) is 5.98. The molecule has 0 radical (unpaired) electrons. The molecule has 15 heavy (non-hydrogen) atoms. The molecule has 4 heteroatoms. The van der Waals surface area contributed by atoms with E-state index in [1.807, 2.05) is 0 Å². The minimum atomic E-state index is 0.324. The van der Waals surface area contributed by atoms with Crippen LogP contribution in [0.15, 0.2) is 0 Å². The monoisotopic (exact) mass is 218 g/mol. The highest BCUT2D eigenvalue weighted by atomic mass is 14.6. The molecule has 8 N–H and O–H groups in total. The van der Waals surface area contributed by atoms with Gasteiger partial charge < -0.3 is 22.9 Å². The first-order valence-electron chi connectivity index (χ1n) is 5.98. The highest BCUT2D eigenvalue weighted by Crippen LogP contribution is 2.00. The summed E-state index contributed by atoms with van der Waals surface area (Å²) < 4.78 is 0. The van der Waals surface area contributed by atoms with Crippen LogP contribution in [0.5, 0.6) is 0 Å². The fourth-order valence-electron chi connectivity index (χ4n) is 1.00. The number of rotatable bonds is 7. The molecule has 0 saturated carbocycles. The summed E-state index contributed by atoms with van der Waals surface area (Å²) in [5.41, 5.74) is 21.4. The Morgan fingerprint density at radius 1 is 1.00 bits per heavy atom. The average molecular weight is 218 g/mol. The van der Waals surface area contributed by atoms with Crippen LogP contribution < -0.4 is 22.9 Å². The SMILES string of the molecule is CC(CN)CCCN.CCC(N)CCN. The van der Waals surface area contributed by atoms with Crippen molar-refractivity contribution in [3.8, 4) is 0 Å². The lowest BCUT2D eigenvalue weighted by molar-refractivity contribution is 0.525. The van der Waals surface area contributed by atoms with E-state index in [-0.39, 0.29) is 0 Å². The van der Waals surface area contributed by atoms with Gasteiger partial charge in [-0.1, -0.05) is 13.8 Å². The third kappa shape index (κ3) is 16.5. The summed E-state index contributed by atoms with van der Waals surface area (Å²) in [7, 11) is 0. The topological polar surface area (TPSA) is 104 Å². The summed E-state index contributed by atoms with van der Waals surface area (Å²) in [6.07, 6.45) is 4.28. The number of hydrogen-bond acceptors (Lipinski definition) is 4. The van der Waals surface area contributed by atoms with Crippen molar-refractivity contribution >= 4 is 0 Å². The predicted octanol–water partition coefficient (Wildman–Crippen LogP) is 0.393. The lowest BCUT2D eigenvalue weighted by atomic mass is 10.1. The maximum atomic E-state index is 5.50. The molecule has 0 aromatic carbocycles. The zero-order valence-corrected chi connectivity index (χ0v) is 10.4. The quantitative estimate of drug-likeness (QED) is 0.496. The standard InChI is InChI=1S/C6H16N2.C5H14N2/c1-6(5-8)3-2-4-7;1-2-5(7)3-4-6/h6H,2-5,7-8H2,1H3;5H,2-4,6-7H2,1H3. The van der Waals surface area contributed by atoms with E-state index >= 15 is 0 Å². The summed E-state index contributed by atoms with van der Waals surface area (Å²) >= 11 is 0. The van der Waals surface area contributed by atoms with Crippen LogP contribution in [0.1, 0.15) is 39.5 Å². The molecule has 0 aliphatic heterocycles. The van der Waals surface area contributed by atoms with Gasteiger partial charge in [0, 0.05) is 6.04 Å². The summed E-state index contributed by atoms with van der Waals surface area (Å²) in [6, 6.07) is 0.324. The molecule has 0 aliphatic carbocycles. The van der Waals surface area contributed by atoms with Gasteiger partial charge in [0.15, 0.2) is 0 Å². The van der Waals surface area contributed by atoms with Crippen molar-refractivity contribution in [2.45, 2.75) is 45.6 Å². The van der Waals surface area contributed by atoms with Crippen LogP contribution in [0, 0.1) is 5.92 Å². The average Bonchev–Trinajstić information content (AvgIpc) is 2.26. The number of hydrogen-bond donors (Lipinski definition) is 4. The molecule has 0 fully saturated rings. The van der Waals surface area contributed by atoms with E-state index in [1.54, 1.807) is 0 Å². The second-order valence-corrected chi connectivity index (χ2v) is 4.02. The van der Waals surface area contributed by atoms with Gasteiger partial charge in [0.25, 0.3) is 0 Å². The Bertz CT molecular complexity index is 109. The second kappa shape index (κ2) is 13.8. The first-order chi connectivity index (χ1) is 7.12. The molecule has 0 rings (SSSR count). The molecule has 94 valence electrons. The Kier molecular flexibility index (Phi) is 15.9. The van der Waals surface area contributed by atoms with Gasteiger partial charge >= 0.3 is 0 Å². The molecule has 0 amide bonds. The summed E-state index contributed by atoms with van der Waals surface area (Å²) in [6.45, 7) is 6.52. The Morgan fingerprint density at radius 2 is 1.60 bits per heavy atom. The maximum Gasteiger partial charge on any atom is 0.00482 e. The Labute approximate surface area is 94.8 Å². The summed E-state index contributed by atoms with van der Waals surface area (Å²) in [5, 5.41) is 0. The van der Waals surface area contributed by atoms with Gasteiger partial charge in [0.1, 0.15) is 0 Å². The maximum absolute atomic E-state index is 5.50. The third-order valence-electron chi connectivity index (χ3n) is 2.37. The van der Waals surface area contributed by atoms with Crippen molar-refractivity contribution in [2.24, 2.45) is 28.9 Å². The fraction of sp³-hybridized carbons (Fsp3) is 1.00. The van der Waals surface area contributed by atoms with E-state index in [0.29, 0.717) is 12.0 Å². The molecule has 0 aromatic heterocycles. The van der Waals surface area contributed by atoms with Crippen molar-refractivity contribution in [2.75, 3.05) is 19.6 Å². The molecule has 0 spiro atoms. The minimum absolute atomic E-state index is 0.324. The molecule has 0 heterocycles. The Morgan fingerprint density at radius 3 is 1.87 bits per heavy atom. The lowest BCUT2D eigenvalue weighted by Crippen LogP contribution is -2.22. The highest BCUT2D eigenvalue weighted by molar-refractivity contribution is 4.56. The van der Waals surface area contributed by atoms with Crippen LogP contribution in [0.2, 0.25) is 0 Å². The minimum Gasteiger partial charge on any atom is -0.330 e. The Hall–Kier alpha value is -0.160. The fourth-order valence-corrected chi connectivity index (χ4v) is 1.00. The summed E-state index contributed by atoms with van der Waals surface area (Å²) in [5.74, 6) is 0.651. The van der Waals surface area contributed by atoms with E-state index < -0.39 is 0 Å². The van der Waals surface area contributed by atoms with E-state index in [1.165, 1.54) is 6.42 Å². The smallest absolute Gasteiger partial charge is 0.00482 e. The van der Waals surface area contributed by atoms with Crippen LogP contribution in [0.25, 0.3) is 0 Å². The largest absolute Gasteiger partial charge is 0.330 e. The molecule has 0 aromatic rings. The molecule has 2 unspecified atom stereocenters. The van der Waals surface area contributed by atoms with E-state index in [4.69, 9.17) is 22.9 Å². The predicted molar refractivity (Wildman–Crippen MR) is 68.4 cm³/mol. The zero-order valence-electron chi connectivity index (χ0n) is 10.4. The van der Waals surface area contributed by atoms with Crippen molar-refractivity contribution < 1.29 is 0 Å². The van der Waals surface area contributed by atoms with Gasteiger partial charge in [-0.15, -0.1) is 0 Å². The van der Waals surface area contributed by atoms with Crippen LogP contribution in [0.4, 0.5) is 0 Å². The van der Waals surface area contributed by atoms with Crippen molar-refractivity contribution in [1.82, 2.24) is 0 Å². The van der Waals surface area contributed by atoms with Crippen LogP contribution in [-0.2, 0) is 0 Å². The molecule has 0 bridgehead atoms. The van der Waals surface area contributed by atoms with Crippen LogP contribution in [-0.4, -0.2) is 25.7 Å². The molecular weight excluding hydrogens is 188 g/mol. The molecular formula is C11H30N4. The van der Waals surface area contributed by atoms with E-state index in [0.717, 1.165) is 38.9 Å². The van der Waals surface area contributed by atoms with Gasteiger partial charge in [-0.25, -0.2) is 0 Å². The molecule has 0 aliphatic rings. The van der Waals surface area contributed by atoms with Crippen molar-refractivity contribution in [3.63, 3.8) is 0 Å². The van der Waals surface area contributed by atoms with Crippen LogP contribution in [0.3, 0.4) is 0 Å². The lowest BCUT2D eigenvalue weighted by Gasteiger charge is -2.04. The van der Waals surface area contributed by atoms with Crippen LogP contribution >= 0.6 is 0 Å². The third-order valence-corrected chi connectivity index (χ3v) is 2.37. The van der Waals surface area contributed by atoms with Gasteiger partial charge in [-0.2, -0.15) is 0 Å².